The third-order valence-corrected chi connectivity index (χ3v) is 4.63. The van der Waals surface area contributed by atoms with Gasteiger partial charge in [0.05, 0.1) is 6.26 Å². The van der Waals surface area contributed by atoms with Crippen LogP contribution in [0.15, 0.2) is 53.1 Å². The largest absolute Gasteiger partial charge is 0.459 e. The Balaban J connectivity index is 1.41. The van der Waals surface area contributed by atoms with Gasteiger partial charge < -0.3 is 25.3 Å². The fourth-order valence-corrected chi connectivity index (χ4v) is 3.06. The van der Waals surface area contributed by atoms with Crippen molar-refractivity contribution in [1.29, 1.82) is 0 Å². The zero-order chi connectivity index (χ0) is 19.9. The molecule has 1 fully saturated rings. The van der Waals surface area contributed by atoms with E-state index in [2.05, 4.69) is 16.0 Å². The van der Waals surface area contributed by atoms with Crippen molar-refractivity contribution in [2.75, 3.05) is 18.4 Å². The Morgan fingerprint density at radius 2 is 1.79 bits per heavy atom. The number of para-hydroxylation sites is 1. The molecule has 148 valence electrons. The van der Waals surface area contributed by atoms with Crippen LogP contribution in [-0.4, -0.2) is 47.9 Å². The Morgan fingerprint density at radius 1 is 1.07 bits per heavy atom. The number of carbonyl (C=O) groups is 3. The van der Waals surface area contributed by atoms with E-state index in [-0.39, 0.29) is 17.9 Å². The number of hydrogen-bond donors (Lipinski definition) is 3. The van der Waals surface area contributed by atoms with Crippen LogP contribution >= 0.6 is 0 Å². The summed E-state index contributed by atoms with van der Waals surface area (Å²) >= 11 is 0. The fraction of sp³-hybridized carbons (Fsp3) is 0.350. The van der Waals surface area contributed by atoms with Crippen molar-refractivity contribution in [2.45, 2.75) is 31.8 Å². The molecule has 1 saturated heterocycles. The van der Waals surface area contributed by atoms with Crippen LogP contribution in [0.25, 0.3) is 0 Å². The summed E-state index contributed by atoms with van der Waals surface area (Å²) in [6, 6.07) is 11.2. The molecular formula is C20H24N4O4. The van der Waals surface area contributed by atoms with E-state index in [1.165, 1.54) is 6.26 Å². The normalized spacial score (nSPS) is 15.5. The summed E-state index contributed by atoms with van der Waals surface area (Å²) in [5.41, 5.74) is 0.654. The third kappa shape index (κ3) is 5.12. The van der Waals surface area contributed by atoms with Gasteiger partial charge in [-0.05, 0) is 44.0 Å². The van der Waals surface area contributed by atoms with Crippen molar-refractivity contribution in [1.82, 2.24) is 15.5 Å². The molecule has 0 spiro atoms. The topological polar surface area (TPSA) is 104 Å². The standard InChI is InChI=1S/C20H24N4O4/c1-14(21-20(27)23-15-6-3-2-4-7-15)18(25)22-16-9-11-24(12-10-16)19(26)17-8-5-13-28-17/h2-8,13-14,16H,9-12H2,1H3,(H,22,25)(H2,21,23,27). The summed E-state index contributed by atoms with van der Waals surface area (Å²) in [6.07, 6.45) is 2.78. The number of likely N-dealkylation sites (tertiary alicyclic amines) is 1. The summed E-state index contributed by atoms with van der Waals surface area (Å²) < 4.78 is 5.14. The molecule has 1 aliphatic rings. The van der Waals surface area contributed by atoms with Gasteiger partial charge in [-0.2, -0.15) is 0 Å². The van der Waals surface area contributed by atoms with Crippen molar-refractivity contribution in [3.8, 4) is 0 Å². The molecule has 8 nitrogen and oxygen atoms in total. The lowest BCUT2D eigenvalue weighted by molar-refractivity contribution is -0.123. The summed E-state index contributed by atoms with van der Waals surface area (Å²) in [4.78, 5) is 38.3. The molecule has 0 saturated carbocycles. The Labute approximate surface area is 163 Å². The van der Waals surface area contributed by atoms with E-state index < -0.39 is 12.1 Å². The average molecular weight is 384 g/mol. The van der Waals surface area contributed by atoms with Gasteiger partial charge >= 0.3 is 6.03 Å². The van der Waals surface area contributed by atoms with Crippen molar-refractivity contribution in [2.24, 2.45) is 0 Å². The van der Waals surface area contributed by atoms with Gasteiger partial charge in [0, 0.05) is 24.8 Å². The number of carbonyl (C=O) groups excluding carboxylic acids is 3. The zero-order valence-electron chi connectivity index (χ0n) is 15.7. The number of amides is 4. The van der Waals surface area contributed by atoms with Crippen molar-refractivity contribution >= 4 is 23.5 Å². The predicted octanol–water partition coefficient (Wildman–Crippen LogP) is 2.21. The Morgan fingerprint density at radius 3 is 2.43 bits per heavy atom. The molecule has 3 rings (SSSR count). The van der Waals surface area contributed by atoms with Gasteiger partial charge in [-0.1, -0.05) is 18.2 Å². The van der Waals surface area contributed by atoms with Crippen LogP contribution in [0.5, 0.6) is 0 Å². The number of piperidine rings is 1. The SMILES string of the molecule is CC(NC(=O)Nc1ccccc1)C(=O)NC1CCN(C(=O)c2ccco2)CC1. The van der Waals surface area contributed by atoms with Crippen LogP contribution in [0.1, 0.15) is 30.3 Å². The number of nitrogens with zero attached hydrogens (tertiary/aromatic N) is 1. The van der Waals surface area contributed by atoms with E-state index >= 15 is 0 Å². The Hall–Kier alpha value is -3.29. The van der Waals surface area contributed by atoms with Gasteiger partial charge in [-0.3, -0.25) is 9.59 Å². The molecule has 1 unspecified atom stereocenters. The van der Waals surface area contributed by atoms with Gasteiger partial charge in [0.15, 0.2) is 5.76 Å². The van der Waals surface area contributed by atoms with Crippen LogP contribution in [0.3, 0.4) is 0 Å². The van der Waals surface area contributed by atoms with Crippen LogP contribution in [0.4, 0.5) is 10.5 Å². The predicted molar refractivity (Wildman–Crippen MR) is 104 cm³/mol. The number of nitrogens with one attached hydrogen (secondary N) is 3. The van der Waals surface area contributed by atoms with E-state index in [4.69, 9.17) is 4.42 Å². The molecule has 1 aromatic carbocycles. The molecule has 1 atom stereocenters. The van der Waals surface area contributed by atoms with E-state index in [1.54, 1.807) is 36.1 Å². The molecule has 1 aliphatic heterocycles. The molecule has 2 aromatic rings. The lowest BCUT2D eigenvalue weighted by Gasteiger charge is -2.32. The molecule has 2 heterocycles. The Bertz CT molecular complexity index is 799. The number of rotatable bonds is 5. The number of anilines is 1. The zero-order valence-corrected chi connectivity index (χ0v) is 15.7. The quantitative estimate of drug-likeness (QED) is 0.735. The molecule has 0 bridgehead atoms. The van der Waals surface area contributed by atoms with Crippen LogP contribution in [-0.2, 0) is 4.79 Å². The van der Waals surface area contributed by atoms with E-state index in [0.29, 0.717) is 37.4 Å². The third-order valence-electron chi connectivity index (χ3n) is 4.63. The minimum absolute atomic E-state index is 0.0328. The molecule has 28 heavy (non-hydrogen) atoms. The highest BCUT2D eigenvalue weighted by Gasteiger charge is 2.27. The number of hydrogen-bond acceptors (Lipinski definition) is 4. The van der Waals surface area contributed by atoms with E-state index in [1.807, 2.05) is 18.2 Å². The van der Waals surface area contributed by atoms with Crippen LogP contribution in [0.2, 0.25) is 0 Å². The lowest BCUT2D eigenvalue weighted by Crippen LogP contribution is -2.52. The first-order valence-corrected chi connectivity index (χ1v) is 9.28. The highest BCUT2D eigenvalue weighted by molar-refractivity contribution is 5.93. The monoisotopic (exact) mass is 384 g/mol. The fourth-order valence-electron chi connectivity index (χ4n) is 3.06. The molecular weight excluding hydrogens is 360 g/mol. The second kappa shape index (κ2) is 9.07. The second-order valence-corrected chi connectivity index (χ2v) is 6.74. The summed E-state index contributed by atoms with van der Waals surface area (Å²) in [5, 5.41) is 8.24. The number of benzene rings is 1. The highest BCUT2D eigenvalue weighted by Crippen LogP contribution is 2.14. The maximum Gasteiger partial charge on any atom is 0.319 e. The molecule has 4 amide bonds. The summed E-state index contributed by atoms with van der Waals surface area (Å²) in [6.45, 7) is 2.72. The van der Waals surface area contributed by atoms with Gasteiger partial charge in [-0.15, -0.1) is 0 Å². The van der Waals surface area contributed by atoms with Crippen molar-refractivity contribution in [3.05, 3.63) is 54.5 Å². The molecule has 3 N–H and O–H groups in total. The smallest absolute Gasteiger partial charge is 0.319 e. The van der Waals surface area contributed by atoms with Gasteiger partial charge in [0.25, 0.3) is 5.91 Å². The number of furan rings is 1. The molecule has 8 heteroatoms. The first-order chi connectivity index (χ1) is 13.5. The van der Waals surface area contributed by atoms with Gasteiger partial charge in [0.1, 0.15) is 6.04 Å². The number of urea groups is 1. The first-order valence-electron chi connectivity index (χ1n) is 9.28. The molecule has 0 aliphatic carbocycles. The maximum atomic E-state index is 12.4. The Kier molecular flexibility index (Phi) is 6.31. The minimum Gasteiger partial charge on any atom is -0.459 e. The molecule has 1 aromatic heterocycles. The van der Waals surface area contributed by atoms with Crippen molar-refractivity contribution in [3.63, 3.8) is 0 Å². The highest BCUT2D eigenvalue weighted by atomic mass is 16.3. The first kappa shape index (κ1) is 19.5. The van der Waals surface area contributed by atoms with E-state index in [9.17, 15) is 14.4 Å². The van der Waals surface area contributed by atoms with Crippen LogP contribution in [0, 0.1) is 0 Å². The minimum atomic E-state index is -0.675. The van der Waals surface area contributed by atoms with Gasteiger partial charge in [-0.25, -0.2) is 4.79 Å². The van der Waals surface area contributed by atoms with Crippen molar-refractivity contribution < 1.29 is 18.8 Å². The van der Waals surface area contributed by atoms with Gasteiger partial charge in [0.2, 0.25) is 5.91 Å². The molecule has 0 radical (unpaired) electrons. The van der Waals surface area contributed by atoms with Crippen LogP contribution < -0.4 is 16.0 Å². The summed E-state index contributed by atoms with van der Waals surface area (Å²) in [5.74, 6) is -0.0637. The lowest BCUT2D eigenvalue weighted by atomic mass is 10.0. The van der Waals surface area contributed by atoms with E-state index in [0.717, 1.165) is 0 Å². The maximum absolute atomic E-state index is 12.4. The second-order valence-electron chi connectivity index (χ2n) is 6.74. The average Bonchev–Trinajstić information content (AvgIpc) is 3.23. The summed E-state index contributed by atoms with van der Waals surface area (Å²) in [7, 11) is 0.